The first-order valence-corrected chi connectivity index (χ1v) is 12.0. The van der Waals surface area contributed by atoms with Crippen molar-refractivity contribution in [1.82, 2.24) is 25.7 Å². The first-order valence-electron chi connectivity index (χ1n) is 12.0. The van der Waals surface area contributed by atoms with Gasteiger partial charge in [0.15, 0.2) is 11.5 Å². The summed E-state index contributed by atoms with van der Waals surface area (Å²) in [6.07, 6.45) is -0.712. The molecule has 5 aromatic rings. The molecule has 0 spiro atoms. The molecular weight excluding hydrogens is 502 g/mol. The minimum Gasteiger partial charge on any atom is -0.419 e. The maximum atomic E-state index is 13.1. The molecule has 0 saturated heterocycles. The van der Waals surface area contributed by atoms with E-state index in [0.717, 1.165) is 11.3 Å². The number of aryl methyl sites for hydroxylation is 1. The summed E-state index contributed by atoms with van der Waals surface area (Å²) in [5.41, 5.74) is 2.20. The number of H-pyrrole nitrogens is 2. The molecule has 3 amide bonds. The Balaban J connectivity index is 1.28. The lowest BCUT2D eigenvalue weighted by Crippen LogP contribution is -2.42. The number of nitrogens with zero attached hydrogens (tertiary/aromatic N) is 2. The fourth-order valence-electron chi connectivity index (χ4n) is 3.91. The quantitative estimate of drug-likeness (QED) is 0.204. The predicted octanol–water partition coefficient (Wildman–Crippen LogP) is 4.72. The lowest BCUT2D eigenvalue weighted by molar-refractivity contribution is 0.102. The van der Waals surface area contributed by atoms with Crippen molar-refractivity contribution in [2.24, 2.45) is 0 Å². The molecule has 0 fully saturated rings. The van der Waals surface area contributed by atoms with Gasteiger partial charge in [-0.1, -0.05) is 42.5 Å². The third-order valence-electron chi connectivity index (χ3n) is 5.91. The van der Waals surface area contributed by atoms with Crippen LogP contribution in [0.2, 0.25) is 0 Å². The number of para-hydroxylation sites is 1. The summed E-state index contributed by atoms with van der Waals surface area (Å²) in [6, 6.07) is 19.0. The number of fused-ring (bicyclic) bond motifs is 1. The normalized spacial score (nSPS) is 11.3. The van der Waals surface area contributed by atoms with E-state index in [1.807, 2.05) is 44.2 Å². The van der Waals surface area contributed by atoms with Crippen LogP contribution in [-0.4, -0.2) is 38.3 Å². The van der Waals surface area contributed by atoms with Gasteiger partial charge in [-0.05, 0) is 44.5 Å². The van der Waals surface area contributed by atoms with Gasteiger partial charge in [0.05, 0.1) is 16.8 Å². The molecule has 12 nitrogen and oxygen atoms in total. The fraction of sp³-hybridized carbons (Fsp3) is 0.148. The molecule has 5 rings (SSSR count). The highest BCUT2D eigenvalue weighted by Crippen LogP contribution is 2.30. The number of nitrogens with one attached hydrogen (secondary N) is 5. The lowest BCUT2D eigenvalue weighted by atomic mass is 9.95. The number of ether oxygens (including phenoxy) is 1. The number of amides is 3. The molecule has 39 heavy (non-hydrogen) atoms. The Morgan fingerprint density at radius 2 is 1.64 bits per heavy atom. The number of hydrogen-bond acceptors (Lipinski definition) is 7. The second-order valence-electron chi connectivity index (χ2n) is 9.28. The molecule has 2 aromatic carbocycles. The molecule has 0 aliphatic rings. The van der Waals surface area contributed by atoms with Crippen LogP contribution < -0.4 is 20.7 Å². The van der Waals surface area contributed by atoms with E-state index >= 15 is 0 Å². The summed E-state index contributed by atoms with van der Waals surface area (Å²) in [6.45, 7) is 5.48. The van der Waals surface area contributed by atoms with Gasteiger partial charge in [-0.3, -0.25) is 19.8 Å². The van der Waals surface area contributed by atoms with E-state index in [1.165, 1.54) is 6.07 Å². The van der Waals surface area contributed by atoms with E-state index < -0.39 is 23.4 Å². The van der Waals surface area contributed by atoms with Gasteiger partial charge in [-0.15, -0.1) is 0 Å². The van der Waals surface area contributed by atoms with E-state index in [9.17, 15) is 14.4 Å². The number of carbonyl (C=O) groups is 3. The van der Waals surface area contributed by atoms with Gasteiger partial charge >= 0.3 is 6.09 Å². The fourth-order valence-corrected chi connectivity index (χ4v) is 3.91. The number of anilines is 2. The van der Waals surface area contributed by atoms with Crippen LogP contribution in [0.25, 0.3) is 11.1 Å². The van der Waals surface area contributed by atoms with Gasteiger partial charge in [0.1, 0.15) is 5.52 Å². The van der Waals surface area contributed by atoms with Crippen LogP contribution in [0.15, 0.2) is 71.1 Å². The molecule has 12 heteroatoms. The third-order valence-corrected chi connectivity index (χ3v) is 5.91. The maximum absolute atomic E-state index is 13.1. The van der Waals surface area contributed by atoms with Crippen LogP contribution in [0.5, 0.6) is 5.95 Å². The molecule has 3 aromatic heterocycles. The first-order chi connectivity index (χ1) is 18.7. The standard InChI is InChI=1S/C27H25N7O5/c1-15-13-20(33-31-15)25(36)28-18-12-8-7-11-17(18)24(35)29-23-22-19(32-34-23)14-21(38-22)39-26(37)30-27(2,3)16-9-5-4-6-10-16/h4-14H,1-3H3,(H,28,36)(H,30,37)(H,31,33)(H2,29,32,34,35). The van der Waals surface area contributed by atoms with Crippen LogP contribution in [0.3, 0.4) is 0 Å². The minimum absolute atomic E-state index is 0.0823. The van der Waals surface area contributed by atoms with Crippen molar-refractivity contribution in [3.63, 3.8) is 0 Å². The number of carbonyl (C=O) groups excluding carboxylic acids is 3. The number of rotatable bonds is 7. The number of hydrogen-bond donors (Lipinski definition) is 5. The van der Waals surface area contributed by atoms with Gasteiger partial charge in [-0.2, -0.15) is 10.2 Å². The van der Waals surface area contributed by atoms with E-state index in [-0.39, 0.29) is 34.3 Å². The van der Waals surface area contributed by atoms with Crippen LogP contribution >= 0.6 is 0 Å². The van der Waals surface area contributed by atoms with E-state index in [0.29, 0.717) is 5.52 Å². The van der Waals surface area contributed by atoms with E-state index in [2.05, 4.69) is 36.3 Å². The molecule has 0 aliphatic carbocycles. The topological polar surface area (TPSA) is 167 Å². The van der Waals surface area contributed by atoms with Crippen LogP contribution in [0, 0.1) is 6.92 Å². The highest BCUT2D eigenvalue weighted by atomic mass is 16.6. The molecule has 0 unspecified atom stereocenters. The Labute approximate surface area is 222 Å². The smallest absolute Gasteiger partial charge is 0.415 e. The molecule has 3 heterocycles. The number of aromatic amines is 2. The number of aromatic nitrogens is 4. The van der Waals surface area contributed by atoms with E-state index in [1.54, 1.807) is 37.3 Å². The number of benzene rings is 2. The average molecular weight is 528 g/mol. The summed E-state index contributed by atoms with van der Waals surface area (Å²) in [7, 11) is 0. The van der Waals surface area contributed by atoms with Gasteiger partial charge < -0.3 is 25.1 Å². The summed E-state index contributed by atoms with van der Waals surface area (Å²) in [4.78, 5) is 38.2. The largest absolute Gasteiger partial charge is 0.419 e. The summed E-state index contributed by atoms with van der Waals surface area (Å²) in [5, 5.41) is 21.6. The molecule has 0 aliphatic heterocycles. The zero-order valence-electron chi connectivity index (χ0n) is 21.3. The van der Waals surface area contributed by atoms with E-state index in [4.69, 9.17) is 9.15 Å². The Morgan fingerprint density at radius 3 is 2.38 bits per heavy atom. The monoisotopic (exact) mass is 527 g/mol. The van der Waals surface area contributed by atoms with Crippen molar-refractivity contribution >= 4 is 40.5 Å². The molecule has 0 saturated carbocycles. The second kappa shape index (κ2) is 10.2. The van der Waals surface area contributed by atoms with Crippen molar-refractivity contribution in [1.29, 1.82) is 0 Å². The molecule has 198 valence electrons. The Morgan fingerprint density at radius 1 is 0.897 bits per heavy atom. The Hall–Kier alpha value is -5.39. The first kappa shape index (κ1) is 25.3. The molecule has 5 N–H and O–H groups in total. The van der Waals surface area contributed by atoms with Crippen LogP contribution in [0.1, 0.15) is 46.0 Å². The molecule has 0 bridgehead atoms. The third kappa shape index (κ3) is 5.49. The van der Waals surface area contributed by atoms with Gasteiger partial charge in [0, 0.05) is 11.8 Å². The molecule has 0 atom stereocenters. The zero-order chi connectivity index (χ0) is 27.6. The number of furan rings is 1. The van der Waals surface area contributed by atoms with Crippen molar-refractivity contribution in [3.05, 3.63) is 89.2 Å². The van der Waals surface area contributed by atoms with Gasteiger partial charge in [-0.25, -0.2) is 4.79 Å². The van der Waals surface area contributed by atoms with Crippen molar-refractivity contribution in [3.8, 4) is 5.95 Å². The zero-order valence-corrected chi connectivity index (χ0v) is 21.3. The van der Waals surface area contributed by atoms with Crippen molar-refractivity contribution < 1.29 is 23.5 Å². The molecule has 0 radical (unpaired) electrons. The average Bonchev–Trinajstić information content (AvgIpc) is 3.61. The summed E-state index contributed by atoms with van der Waals surface area (Å²) < 4.78 is 11.0. The highest BCUT2D eigenvalue weighted by molar-refractivity contribution is 6.13. The van der Waals surface area contributed by atoms with Crippen LogP contribution in [0.4, 0.5) is 16.3 Å². The van der Waals surface area contributed by atoms with Gasteiger partial charge in [0.2, 0.25) is 5.58 Å². The molecular formula is C27H25N7O5. The minimum atomic E-state index is -0.712. The SMILES string of the molecule is Cc1cc(C(=O)Nc2ccccc2C(=O)Nc2n[nH]c3cc(OC(=O)NC(C)(C)c4ccccc4)oc23)n[nH]1. The lowest BCUT2D eigenvalue weighted by Gasteiger charge is -2.25. The van der Waals surface area contributed by atoms with Crippen molar-refractivity contribution in [2.75, 3.05) is 10.6 Å². The summed E-state index contributed by atoms with van der Waals surface area (Å²) >= 11 is 0. The Kier molecular flexibility index (Phi) is 6.59. The Bertz CT molecular complexity index is 1670. The van der Waals surface area contributed by atoms with Crippen molar-refractivity contribution in [2.45, 2.75) is 26.3 Å². The summed E-state index contributed by atoms with van der Waals surface area (Å²) in [5.74, 6) is -1.02. The van der Waals surface area contributed by atoms with Gasteiger partial charge in [0.25, 0.3) is 17.8 Å². The second-order valence-corrected chi connectivity index (χ2v) is 9.28. The highest BCUT2D eigenvalue weighted by Gasteiger charge is 2.25. The van der Waals surface area contributed by atoms with Crippen LogP contribution in [-0.2, 0) is 5.54 Å². The predicted molar refractivity (Wildman–Crippen MR) is 143 cm³/mol. The maximum Gasteiger partial charge on any atom is 0.415 e.